The first-order chi connectivity index (χ1) is 7.63. The minimum absolute atomic E-state index is 0.591. The first-order valence-electron chi connectivity index (χ1n) is 4.34. The number of carboxylic acids is 4. The van der Waals surface area contributed by atoms with Crippen LogP contribution in [0.25, 0.3) is 0 Å². The lowest BCUT2D eigenvalue weighted by Gasteiger charge is -2.26. The summed E-state index contributed by atoms with van der Waals surface area (Å²) < 4.78 is 0. The third-order valence-corrected chi connectivity index (χ3v) is 3.10. The molecule has 0 aliphatic carbocycles. The molecule has 0 saturated heterocycles. The maximum absolute atomic E-state index is 10.8. The van der Waals surface area contributed by atoms with E-state index in [1.54, 1.807) is 0 Å². The van der Waals surface area contributed by atoms with E-state index in [1.165, 1.54) is 9.24 Å². The lowest BCUT2D eigenvalue weighted by Crippen LogP contribution is -2.50. The van der Waals surface area contributed by atoms with Gasteiger partial charge in [-0.15, -0.1) is 9.24 Å². The monoisotopic (exact) mass is 266 g/mol. The fraction of sp³-hybridized carbons (Fsp3) is 0.500. The lowest BCUT2D eigenvalue weighted by atomic mass is 9.87. The van der Waals surface area contributed by atoms with Crippen molar-refractivity contribution in [3.63, 3.8) is 0 Å². The quantitative estimate of drug-likeness (QED) is 0.350. The zero-order valence-electron chi connectivity index (χ0n) is 8.49. The Labute approximate surface area is 97.4 Å². The third-order valence-electron chi connectivity index (χ3n) is 2.20. The Hall–Kier alpha value is -1.69. The molecule has 2 atom stereocenters. The van der Waals surface area contributed by atoms with Gasteiger partial charge in [-0.3, -0.25) is 19.2 Å². The summed E-state index contributed by atoms with van der Waals surface area (Å²) in [5.74, 6) is -8.57. The fourth-order valence-electron chi connectivity index (χ4n) is 1.20. The standard InChI is InChI=1S/C8H11O8P/c9-4(10)2-1-3(5(11)12)8(17,6(13)14)7(15)16/h3H,1-2,17H2,(H,9,10)(H,11,12)(H,13,14)(H,15,16). The van der Waals surface area contributed by atoms with Crippen molar-refractivity contribution in [3.8, 4) is 0 Å². The largest absolute Gasteiger partial charge is 0.481 e. The Morgan fingerprint density at radius 1 is 1.00 bits per heavy atom. The van der Waals surface area contributed by atoms with Gasteiger partial charge in [0, 0.05) is 6.42 Å². The Morgan fingerprint density at radius 3 is 1.65 bits per heavy atom. The van der Waals surface area contributed by atoms with Crippen LogP contribution >= 0.6 is 9.24 Å². The van der Waals surface area contributed by atoms with Crippen LogP contribution in [0, 0.1) is 5.92 Å². The molecule has 0 saturated carbocycles. The summed E-state index contributed by atoms with van der Waals surface area (Å²) in [4.78, 5) is 42.8. The molecule has 17 heavy (non-hydrogen) atoms. The molecule has 0 aromatic heterocycles. The molecule has 0 aliphatic heterocycles. The highest BCUT2D eigenvalue weighted by Crippen LogP contribution is 2.33. The third kappa shape index (κ3) is 3.39. The Morgan fingerprint density at radius 2 is 1.41 bits per heavy atom. The number of aliphatic carboxylic acids is 4. The van der Waals surface area contributed by atoms with Gasteiger partial charge in [-0.25, -0.2) is 0 Å². The van der Waals surface area contributed by atoms with Gasteiger partial charge in [-0.1, -0.05) is 0 Å². The highest BCUT2D eigenvalue weighted by molar-refractivity contribution is 7.23. The Kier molecular flexibility index (Phi) is 5.03. The van der Waals surface area contributed by atoms with Gasteiger partial charge in [-0.05, 0) is 6.42 Å². The molecular weight excluding hydrogens is 255 g/mol. The van der Waals surface area contributed by atoms with Crippen LogP contribution in [0.3, 0.4) is 0 Å². The predicted molar refractivity (Wildman–Crippen MR) is 55.7 cm³/mol. The molecule has 0 bridgehead atoms. The summed E-state index contributed by atoms with van der Waals surface area (Å²) >= 11 is 0. The molecule has 0 fully saturated rings. The summed E-state index contributed by atoms with van der Waals surface area (Å²) in [6.07, 6.45) is -1.22. The summed E-state index contributed by atoms with van der Waals surface area (Å²) in [5, 5.41) is 32.1. The average molecular weight is 266 g/mol. The van der Waals surface area contributed by atoms with Crippen LogP contribution in [-0.4, -0.2) is 49.5 Å². The predicted octanol–water partition coefficient (Wildman–Crippen LogP) is -0.665. The molecule has 96 valence electrons. The first kappa shape index (κ1) is 15.3. The molecule has 9 heteroatoms. The molecule has 0 heterocycles. The van der Waals surface area contributed by atoms with Gasteiger partial charge in [0.15, 0.2) is 5.16 Å². The van der Waals surface area contributed by atoms with Crippen LogP contribution < -0.4 is 0 Å². The van der Waals surface area contributed by atoms with Gasteiger partial charge >= 0.3 is 23.9 Å². The zero-order chi connectivity index (χ0) is 13.8. The highest BCUT2D eigenvalue weighted by atomic mass is 31.0. The zero-order valence-corrected chi connectivity index (χ0v) is 9.65. The van der Waals surface area contributed by atoms with Crippen molar-refractivity contribution in [1.29, 1.82) is 0 Å². The minimum Gasteiger partial charge on any atom is -0.481 e. The maximum Gasteiger partial charge on any atom is 0.325 e. The van der Waals surface area contributed by atoms with Crippen molar-refractivity contribution < 1.29 is 39.6 Å². The van der Waals surface area contributed by atoms with Crippen molar-refractivity contribution in [2.75, 3.05) is 0 Å². The first-order valence-corrected chi connectivity index (χ1v) is 4.92. The smallest absolute Gasteiger partial charge is 0.325 e. The second-order valence-electron chi connectivity index (χ2n) is 3.30. The molecular formula is C8H11O8P. The number of rotatable bonds is 7. The van der Waals surface area contributed by atoms with Crippen molar-refractivity contribution in [2.24, 2.45) is 5.92 Å². The van der Waals surface area contributed by atoms with Crippen LogP contribution in [0.4, 0.5) is 0 Å². The fourth-order valence-corrected chi connectivity index (χ4v) is 1.51. The van der Waals surface area contributed by atoms with E-state index in [4.69, 9.17) is 20.4 Å². The van der Waals surface area contributed by atoms with Gasteiger partial charge in [-0.2, -0.15) is 0 Å². The second-order valence-corrected chi connectivity index (χ2v) is 4.21. The summed E-state index contributed by atoms with van der Waals surface area (Å²) in [7, 11) is 1.46. The average Bonchev–Trinajstić information content (AvgIpc) is 2.15. The van der Waals surface area contributed by atoms with Crippen molar-refractivity contribution in [3.05, 3.63) is 0 Å². The molecule has 2 unspecified atom stereocenters. The molecule has 0 radical (unpaired) electrons. The van der Waals surface area contributed by atoms with Crippen molar-refractivity contribution >= 4 is 33.1 Å². The van der Waals surface area contributed by atoms with Gasteiger partial charge in [0.25, 0.3) is 0 Å². The van der Waals surface area contributed by atoms with Crippen LogP contribution in [0.1, 0.15) is 12.8 Å². The SMILES string of the molecule is O=C(O)CCC(C(=O)O)C(P)(C(=O)O)C(=O)O. The number of hydrogen-bond donors (Lipinski definition) is 4. The van der Waals surface area contributed by atoms with Crippen molar-refractivity contribution in [1.82, 2.24) is 0 Å². The van der Waals surface area contributed by atoms with Gasteiger partial charge in [0.05, 0.1) is 5.92 Å². The maximum atomic E-state index is 10.8. The van der Waals surface area contributed by atoms with Gasteiger partial charge in [0.1, 0.15) is 0 Å². The molecule has 0 amide bonds. The number of carboxylic acid groups (broad SMARTS) is 4. The van der Waals surface area contributed by atoms with Crippen LogP contribution in [0.2, 0.25) is 0 Å². The number of carbonyl (C=O) groups is 4. The van der Waals surface area contributed by atoms with E-state index < -0.39 is 47.8 Å². The van der Waals surface area contributed by atoms with E-state index in [0.717, 1.165) is 0 Å². The van der Waals surface area contributed by atoms with E-state index >= 15 is 0 Å². The molecule has 0 aromatic carbocycles. The molecule has 0 spiro atoms. The minimum atomic E-state index is -2.64. The van der Waals surface area contributed by atoms with E-state index in [2.05, 4.69) is 0 Å². The summed E-state index contributed by atoms with van der Waals surface area (Å²) in [6, 6.07) is 0. The summed E-state index contributed by atoms with van der Waals surface area (Å²) in [6.45, 7) is 0. The highest BCUT2D eigenvalue weighted by Gasteiger charge is 2.52. The van der Waals surface area contributed by atoms with Crippen LogP contribution in [0.15, 0.2) is 0 Å². The molecule has 0 aliphatic rings. The van der Waals surface area contributed by atoms with E-state index in [9.17, 15) is 19.2 Å². The van der Waals surface area contributed by atoms with E-state index in [1.807, 2.05) is 0 Å². The Bertz CT molecular complexity index is 349. The topological polar surface area (TPSA) is 149 Å². The molecule has 0 rings (SSSR count). The van der Waals surface area contributed by atoms with Crippen molar-refractivity contribution in [2.45, 2.75) is 18.0 Å². The van der Waals surface area contributed by atoms with Crippen LogP contribution in [-0.2, 0) is 19.2 Å². The molecule has 0 aromatic rings. The van der Waals surface area contributed by atoms with Gasteiger partial charge < -0.3 is 20.4 Å². The van der Waals surface area contributed by atoms with Crippen LogP contribution in [0.5, 0.6) is 0 Å². The number of hydrogen-bond acceptors (Lipinski definition) is 4. The molecule has 4 N–H and O–H groups in total. The van der Waals surface area contributed by atoms with E-state index in [-0.39, 0.29) is 0 Å². The normalized spacial score (nSPS) is 12.8. The Balaban J connectivity index is 5.26. The second kappa shape index (κ2) is 5.58. The lowest BCUT2D eigenvalue weighted by molar-refractivity contribution is -0.162. The molecule has 8 nitrogen and oxygen atoms in total. The van der Waals surface area contributed by atoms with E-state index in [0.29, 0.717) is 0 Å². The van der Waals surface area contributed by atoms with Gasteiger partial charge in [0.2, 0.25) is 0 Å². The summed E-state index contributed by atoms with van der Waals surface area (Å²) in [5.41, 5.74) is 0.